The van der Waals surface area contributed by atoms with Crippen LogP contribution in [0, 0.1) is 6.92 Å². The van der Waals surface area contributed by atoms with E-state index in [0.29, 0.717) is 42.1 Å². The van der Waals surface area contributed by atoms with Crippen LogP contribution in [-0.2, 0) is 6.54 Å². The van der Waals surface area contributed by atoms with E-state index in [9.17, 15) is 4.79 Å². The third kappa shape index (κ3) is 4.60. The van der Waals surface area contributed by atoms with Gasteiger partial charge >= 0.3 is 0 Å². The van der Waals surface area contributed by atoms with Gasteiger partial charge in [-0.15, -0.1) is 0 Å². The zero-order chi connectivity index (χ0) is 21.1. The third-order valence-corrected chi connectivity index (χ3v) is 5.02. The molecule has 1 aliphatic heterocycles. The van der Waals surface area contributed by atoms with Gasteiger partial charge in [-0.25, -0.2) is 9.97 Å². The second-order valence-electron chi connectivity index (χ2n) is 7.08. The van der Waals surface area contributed by atoms with Crippen LogP contribution in [0.5, 0.6) is 5.75 Å². The van der Waals surface area contributed by atoms with Gasteiger partial charge in [0.05, 0.1) is 13.1 Å². The molecule has 0 aliphatic carbocycles. The van der Waals surface area contributed by atoms with Gasteiger partial charge in [-0.3, -0.25) is 4.79 Å². The summed E-state index contributed by atoms with van der Waals surface area (Å²) in [6.45, 7) is 3.81. The Hall–Kier alpha value is -3.39. The van der Waals surface area contributed by atoms with Gasteiger partial charge < -0.3 is 20.7 Å². The van der Waals surface area contributed by atoms with Gasteiger partial charge in [-0.05, 0) is 48.4 Å². The Morgan fingerprint density at radius 2 is 2.10 bits per heavy atom. The molecule has 1 aromatic heterocycles. The fourth-order valence-electron chi connectivity index (χ4n) is 3.14. The number of nitrogens with zero attached hydrogens (tertiary/aromatic N) is 4. The number of benzene rings is 2. The van der Waals surface area contributed by atoms with Crippen molar-refractivity contribution in [3.05, 3.63) is 70.5 Å². The highest BCUT2D eigenvalue weighted by Gasteiger charge is 2.31. The van der Waals surface area contributed by atoms with Crippen molar-refractivity contribution in [2.24, 2.45) is 5.73 Å². The highest BCUT2D eigenvalue weighted by atomic mass is 35.5. The minimum absolute atomic E-state index is 0.0644. The second-order valence-corrected chi connectivity index (χ2v) is 7.52. The monoisotopic (exact) mass is 424 g/mol. The predicted molar refractivity (Wildman–Crippen MR) is 115 cm³/mol. The summed E-state index contributed by atoms with van der Waals surface area (Å²) in [5.41, 5.74) is 7.71. The number of carbonyl (C=O) groups excluding carboxylic acids is 1. The molecular formula is C21H21ClN6O2. The molecule has 2 aromatic carbocycles. The van der Waals surface area contributed by atoms with Crippen LogP contribution in [0.2, 0.25) is 5.02 Å². The van der Waals surface area contributed by atoms with Crippen molar-refractivity contribution in [3.8, 4) is 5.75 Å². The van der Waals surface area contributed by atoms with Crippen LogP contribution in [-0.4, -0.2) is 40.1 Å². The Kier molecular flexibility index (Phi) is 5.67. The molecule has 30 heavy (non-hydrogen) atoms. The number of halogens is 1. The van der Waals surface area contributed by atoms with Crippen LogP contribution < -0.4 is 20.7 Å². The summed E-state index contributed by atoms with van der Waals surface area (Å²) in [6.07, 6.45) is 1.54. The van der Waals surface area contributed by atoms with Crippen molar-refractivity contribution in [2.75, 3.05) is 23.3 Å². The van der Waals surface area contributed by atoms with E-state index in [1.165, 1.54) is 6.33 Å². The van der Waals surface area contributed by atoms with Crippen LogP contribution in [0.4, 0.5) is 11.9 Å². The molecule has 1 fully saturated rings. The first-order chi connectivity index (χ1) is 14.5. The zero-order valence-corrected chi connectivity index (χ0v) is 17.1. The van der Waals surface area contributed by atoms with Gasteiger partial charge in [0.1, 0.15) is 18.2 Å². The lowest BCUT2D eigenvalue weighted by Crippen LogP contribution is -2.54. The van der Waals surface area contributed by atoms with E-state index < -0.39 is 5.91 Å². The predicted octanol–water partition coefficient (Wildman–Crippen LogP) is 2.81. The standard InChI is InChI=1S/C21H21ClN6O2/c1-13-7-16(22)5-6-18(13)30-17-10-28(11-17)21-26-12-25-20(27-21)24-9-14-3-2-4-15(8-14)19(23)29/h2-8,12,17H,9-11H2,1H3,(H2,23,29)(H,24,25,26,27). The van der Waals surface area contributed by atoms with Gasteiger partial charge in [0, 0.05) is 17.1 Å². The molecule has 0 atom stereocenters. The molecule has 0 saturated carbocycles. The Morgan fingerprint density at radius 3 is 2.87 bits per heavy atom. The number of hydrogen-bond donors (Lipinski definition) is 2. The number of carbonyl (C=O) groups is 1. The van der Waals surface area contributed by atoms with Gasteiger partial charge in [0.25, 0.3) is 0 Å². The minimum Gasteiger partial charge on any atom is -0.486 e. The number of primary amides is 1. The fraction of sp³-hybridized carbons (Fsp3) is 0.238. The molecule has 1 aliphatic rings. The average molecular weight is 425 g/mol. The summed E-state index contributed by atoms with van der Waals surface area (Å²) in [6, 6.07) is 12.7. The molecule has 1 saturated heterocycles. The Morgan fingerprint density at radius 1 is 1.27 bits per heavy atom. The molecule has 0 bridgehead atoms. The van der Waals surface area contributed by atoms with Gasteiger partial charge in [-0.2, -0.15) is 4.98 Å². The fourth-order valence-corrected chi connectivity index (χ4v) is 3.37. The van der Waals surface area contributed by atoms with Gasteiger partial charge in [0.15, 0.2) is 0 Å². The molecule has 9 heteroatoms. The van der Waals surface area contributed by atoms with E-state index in [2.05, 4.69) is 20.3 Å². The lowest BCUT2D eigenvalue weighted by Gasteiger charge is -2.39. The summed E-state index contributed by atoms with van der Waals surface area (Å²) < 4.78 is 6.03. The number of rotatable bonds is 7. The van der Waals surface area contributed by atoms with E-state index >= 15 is 0 Å². The highest BCUT2D eigenvalue weighted by Crippen LogP contribution is 2.26. The van der Waals surface area contributed by atoms with Crippen LogP contribution in [0.1, 0.15) is 21.5 Å². The third-order valence-electron chi connectivity index (χ3n) is 4.78. The second kappa shape index (κ2) is 8.54. The first-order valence-corrected chi connectivity index (χ1v) is 9.85. The number of ether oxygens (including phenoxy) is 1. The Labute approximate surface area is 179 Å². The van der Waals surface area contributed by atoms with Crippen molar-refractivity contribution < 1.29 is 9.53 Å². The van der Waals surface area contributed by atoms with Crippen LogP contribution in [0.25, 0.3) is 0 Å². The number of hydrogen-bond acceptors (Lipinski definition) is 7. The average Bonchev–Trinajstić information content (AvgIpc) is 2.70. The van der Waals surface area contributed by atoms with Crippen molar-refractivity contribution in [1.29, 1.82) is 0 Å². The number of nitrogens with two attached hydrogens (primary N) is 1. The normalized spacial score (nSPS) is 13.6. The van der Waals surface area contributed by atoms with E-state index in [-0.39, 0.29) is 6.10 Å². The molecule has 3 aromatic rings. The summed E-state index contributed by atoms with van der Waals surface area (Å²) in [7, 11) is 0. The molecule has 1 amide bonds. The number of amides is 1. The molecule has 0 spiro atoms. The van der Waals surface area contributed by atoms with Crippen LogP contribution in [0.3, 0.4) is 0 Å². The van der Waals surface area contributed by atoms with Crippen LogP contribution in [0.15, 0.2) is 48.8 Å². The maximum absolute atomic E-state index is 11.3. The lowest BCUT2D eigenvalue weighted by atomic mass is 10.1. The highest BCUT2D eigenvalue weighted by molar-refractivity contribution is 6.30. The number of aromatic nitrogens is 3. The maximum Gasteiger partial charge on any atom is 0.248 e. The quantitative estimate of drug-likeness (QED) is 0.600. The molecule has 2 heterocycles. The van der Waals surface area contributed by atoms with E-state index in [0.717, 1.165) is 16.9 Å². The molecule has 4 rings (SSSR count). The van der Waals surface area contributed by atoms with E-state index in [1.54, 1.807) is 18.2 Å². The molecule has 0 unspecified atom stereocenters. The summed E-state index contributed by atoms with van der Waals surface area (Å²) in [5, 5.41) is 3.85. The minimum atomic E-state index is -0.456. The molecular weight excluding hydrogens is 404 g/mol. The number of aryl methyl sites for hydroxylation is 1. The first kappa shape index (κ1) is 19.9. The smallest absolute Gasteiger partial charge is 0.248 e. The topological polar surface area (TPSA) is 106 Å². The summed E-state index contributed by atoms with van der Waals surface area (Å²) in [4.78, 5) is 26.2. The van der Waals surface area contributed by atoms with Crippen molar-refractivity contribution in [1.82, 2.24) is 15.0 Å². The number of nitrogens with one attached hydrogen (secondary N) is 1. The summed E-state index contributed by atoms with van der Waals surface area (Å²) in [5.74, 6) is 1.43. The van der Waals surface area contributed by atoms with E-state index in [1.807, 2.05) is 36.1 Å². The molecule has 154 valence electrons. The molecule has 3 N–H and O–H groups in total. The maximum atomic E-state index is 11.3. The van der Waals surface area contributed by atoms with Crippen LogP contribution >= 0.6 is 11.6 Å². The Bertz CT molecular complexity index is 1070. The lowest BCUT2D eigenvalue weighted by molar-refractivity contribution is 0.1000. The van der Waals surface area contributed by atoms with E-state index in [4.69, 9.17) is 22.1 Å². The number of anilines is 2. The van der Waals surface area contributed by atoms with Gasteiger partial charge in [0.2, 0.25) is 17.8 Å². The Balaban J connectivity index is 1.33. The van der Waals surface area contributed by atoms with Gasteiger partial charge in [-0.1, -0.05) is 23.7 Å². The SMILES string of the molecule is Cc1cc(Cl)ccc1OC1CN(c2ncnc(NCc3cccc(C(N)=O)c3)n2)C1. The van der Waals surface area contributed by atoms with Crippen molar-refractivity contribution >= 4 is 29.4 Å². The van der Waals surface area contributed by atoms with Crippen molar-refractivity contribution in [2.45, 2.75) is 19.6 Å². The molecule has 0 radical (unpaired) electrons. The first-order valence-electron chi connectivity index (χ1n) is 9.47. The zero-order valence-electron chi connectivity index (χ0n) is 16.4. The summed E-state index contributed by atoms with van der Waals surface area (Å²) >= 11 is 5.99. The molecule has 8 nitrogen and oxygen atoms in total. The van der Waals surface area contributed by atoms with Crippen molar-refractivity contribution in [3.63, 3.8) is 0 Å². The largest absolute Gasteiger partial charge is 0.486 e.